The maximum atomic E-state index is 5.78. The van der Waals surface area contributed by atoms with Gasteiger partial charge in [0, 0.05) is 32.4 Å². The van der Waals surface area contributed by atoms with Crippen molar-refractivity contribution in [1.29, 1.82) is 0 Å². The summed E-state index contributed by atoms with van der Waals surface area (Å²) in [7, 11) is 1.79. The Hall–Kier alpha value is -1.48. The summed E-state index contributed by atoms with van der Waals surface area (Å²) in [6, 6.07) is 14.0. The van der Waals surface area contributed by atoms with Crippen LogP contribution in [0.25, 0.3) is 0 Å². The molecule has 0 aliphatic rings. The molecule has 0 amide bonds. The van der Waals surface area contributed by atoms with E-state index in [1.807, 2.05) is 54.2 Å². The van der Waals surface area contributed by atoms with Crippen LogP contribution in [0.5, 0.6) is 5.88 Å². The molecule has 2 rings (SSSR count). The highest BCUT2D eigenvalue weighted by molar-refractivity contribution is 14.0. The minimum absolute atomic E-state index is 0. The van der Waals surface area contributed by atoms with Crippen molar-refractivity contribution in [1.82, 2.24) is 15.6 Å². The van der Waals surface area contributed by atoms with Crippen molar-refractivity contribution in [3.63, 3.8) is 0 Å². The lowest BCUT2D eigenvalue weighted by atomic mass is 10.2. The van der Waals surface area contributed by atoms with E-state index in [0.717, 1.165) is 30.1 Å². The van der Waals surface area contributed by atoms with Crippen molar-refractivity contribution < 1.29 is 4.74 Å². The van der Waals surface area contributed by atoms with Gasteiger partial charge in [0.05, 0.1) is 0 Å². The Morgan fingerprint density at radius 2 is 1.93 bits per heavy atom. The number of benzene rings is 1. The number of nitrogens with one attached hydrogen (secondary N) is 2. The minimum atomic E-state index is 0. The van der Waals surface area contributed by atoms with Crippen LogP contribution in [-0.4, -0.2) is 36.5 Å². The molecule has 0 saturated carbocycles. The molecular weight excluding hydrogens is 471 g/mol. The van der Waals surface area contributed by atoms with Gasteiger partial charge in [0.15, 0.2) is 5.96 Å². The van der Waals surface area contributed by atoms with Crippen molar-refractivity contribution in [2.24, 2.45) is 4.99 Å². The molecule has 2 N–H and O–H groups in total. The van der Waals surface area contributed by atoms with Crippen molar-refractivity contribution in [2.45, 2.75) is 26.0 Å². The maximum Gasteiger partial charge on any atom is 0.213 e. The molecule has 0 atom stereocenters. The monoisotopic (exact) mass is 500 g/mol. The zero-order chi connectivity index (χ0) is 18.5. The SMILES string of the molecule is CN=C(NCCCCSC)NCc1ccnc(OCc2ccccc2)c1.I. The summed E-state index contributed by atoms with van der Waals surface area (Å²) in [5.74, 6) is 2.65. The van der Waals surface area contributed by atoms with Crippen molar-refractivity contribution in [3.05, 3.63) is 59.8 Å². The first-order valence-electron chi connectivity index (χ1n) is 8.87. The second-order valence-corrected chi connectivity index (χ2v) is 6.81. The Labute approximate surface area is 183 Å². The molecule has 0 unspecified atom stereocenters. The van der Waals surface area contributed by atoms with E-state index in [4.69, 9.17) is 4.74 Å². The van der Waals surface area contributed by atoms with Crippen LogP contribution in [0, 0.1) is 0 Å². The highest BCUT2D eigenvalue weighted by atomic mass is 127. The molecule has 0 radical (unpaired) electrons. The molecule has 0 aliphatic heterocycles. The average molecular weight is 500 g/mol. The fourth-order valence-corrected chi connectivity index (χ4v) is 2.85. The molecule has 0 spiro atoms. The summed E-state index contributed by atoms with van der Waals surface area (Å²) in [4.78, 5) is 8.54. The molecule has 27 heavy (non-hydrogen) atoms. The quantitative estimate of drug-likeness (QED) is 0.223. The molecular formula is C20H29IN4OS. The molecule has 2 aromatic rings. The Morgan fingerprint density at radius 3 is 2.67 bits per heavy atom. The van der Waals surface area contributed by atoms with Crippen LogP contribution in [0.1, 0.15) is 24.0 Å². The second-order valence-electron chi connectivity index (χ2n) is 5.83. The van der Waals surface area contributed by atoms with Crippen molar-refractivity contribution in [2.75, 3.05) is 25.6 Å². The average Bonchev–Trinajstić information content (AvgIpc) is 2.69. The number of nitrogens with zero attached hydrogens (tertiary/aromatic N) is 2. The lowest BCUT2D eigenvalue weighted by molar-refractivity contribution is 0.293. The first-order valence-corrected chi connectivity index (χ1v) is 10.3. The third kappa shape index (κ3) is 9.86. The van der Waals surface area contributed by atoms with Gasteiger partial charge in [0.2, 0.25) is 5.88 Å². The Kier molecular flexibility index (Phi) is 12.7. The van der Waals surface area contributed by atoms with Crippen LogP contribution in [0.15, 0.2) is 53.7 Å². The number of thioether (sulfide) groups is 1. The predicted octanol–water partition coefficient (Wildman–Crippen LogP) is 4.09. The van der Waals surface area contributed by atoms with Crippen LogP contribution >= 0.6 is 35.7 Å². The van der Waals surface area contributed by atoms with Crippen molar-refractivity contribution in [3.8, 4) is 5.88 Å². The molecule has 0 aliphatic carbocycles. The number of hydrogen-bond acceptors (Lipinski definition) is 4. The zero-order valence-corrected chi connectivity index (χ0v) is 19.1. The van der Waals surface area contributed by atoms with E-state index in [2.05, 4.69) is 26.9 Å². The number of halogens is 1. The van der Waals surface area contributed by atoms with Gasteiger partial charge in [-0.25, -0.2) is 4.98 Å². The third-order valence-electron chi connectivity index (χ3n) is 3.78. The number of guanidine groups is 1. The van der Waals surface area contributed by atoms with Crippen LogP contribution in [0.2, 0.25) is 0 Å². The summed E-state index contributed by atoms with van der Waals surface area (Å²) in [5.41, 5.74) is 2.23. The molecule has 1 aromatic heterocycles. The smallest absolute Gasteiger partial charge is 0.213 e. The highest BCUT2D eigenvalue weighted by Crippen LogP contribution is 2.11. The van der Waals surface area contributed by atoms with Gasteiger partial charge in [-0.1, -0.05) is 30.3 Å². The van der Waals surface area contributed by atoms with Gasteiger partial charge in [-0.05, 0) is 42.0 Å². The highest BCUT2D eigenvalue weighted by Gasteiger charge is 2.02. The van der Waals surface area contributed by atoms with Gasteiger partial charge in [-0.15, -0.1) is 24.0 Å². The van der Waals surface area contributed by atoms with Gasteiger partial charge in [0.1, 0.15) is 6.61 Å². The van der Waals surface area contributed by atoms with Gasteiger partial charge in [-0.3, -0.25) is 4.99 Å². The number of aliphatic imine (C=N–C) groups is 1. The summed E-state index contributed by atoms with van der Waals surface area (Å²) < 4.78 is 5.78. The van der Waals surface area contributed by atoms with E-state index in [-0.39, 0.29) is 24.0 Å². The summed E-state index contributed by atoms with van der Waals surface area (Å²) in [5, 5.41) is 6.67. The Bertz CT molecular complexity index is 670. The molecule has 1 heterocycles. The molecule has 0 fully saturated rings. The zero-order valence-electron chi connectivity index (χ0n) is 16.0. The van der Waals surface area contributed by atoms with Crippen molar-refractivity contribution >= 4 is 41.7 Å². The number of ether oxygens (including phenoxy) is 1. The van der Waals surface area contributed by atoms with Gasteiger partial charge >= 0.3 is 0 Å². The lowest BCUT2D eigenvalue weighted by Crippen LogP contribution is -2.37. The first kappa shape index (κ1) is 23.6. The molecule has 0 saturated heterocycles. The number of pyridine rings is 1. The lowest BCUT2D eigenvalue weighted by Gasteiger charge is -2.12. The third-order valence-corrected chi connectivity index (χ3v) is 4.48. The van der Waals surface area contributed by atoms with E-state index < -0.39 is 0 Å². The first-order chi connectivity index (χ1) is 12.8. The second kappa shape index (κ2) is 14.6. The normalized spacial score (nSPS) is 10.8. The van der Waals surface area contributed by atoms with E-state index in [0.29, 0.717) is 19.0 Å². The Morgan fingerprint density at radius 1 is 1.11 bits per heavy atom. The van der Waals surface area contributed by atoms with E-state index in [1.165, 1.54) is 12.2 Å². The van der Waals surface area contributed by atoms with Gasteiger partial charge in [-0.2, -0.15) is 11.8 Å². The fraction of sp³-hybridized carbons (Fsp3) is 0.400. The minimum Gasteiger partial charge on any atom is -0.473 e. The molecule has 7 heteroatoms. The van der Waals surface area contributed by atoms with E-state index in [9.17, 15) is 0 Å². The van der Waals surface area contributed by atoms with Crippen LogP contribution in [0.3, 0.4) is 0 Å². The topological polar surface area (TPSA) is 58.5 Å². The van der Waals surface area contributed by atoms with E-state index >= 15 is 0 Å². The van der Waals surface area contributed by atoms with Gasteiger partial charge in [0.25, 0.3) is 0 Å². The summed E-state index contributed by atoms with van der Waals surface area (Å²) in [6.45, 7) is 2.13. The summed E-state index contributed by atoms with van der Waals surface area (Å²) in [6.07, 6.45) is 6.28. The number of hydrogen-bond donors (Lipinski definition) is 2. The Balaban J connectivity index is 0.00000364. The number of unbranched alkanes of at least 4 members (excludes halogenated alkanes) is 1. The van der Waals surface area contributed by atoms with Gasteiger partial charge < -0.3 is 15.4 Å². The van der Waals surface area contributed by atoms with Crippen LogP contribution in [0.4, 0.5) is 0 Å². The molecule has 5 nitrogen and oxygen atoms in total. The number of rotatable bonds is 10. The largest absolute Gasteiger partial charge is 0.473 e. The molecule has 1 aromatic carbocycles. The summed E-state index contributed by atoms with van der Waals surface area (Å²) >= 11 is 1.89. The van der Waals surface area contributed by atoms with E-state index in [1.54, 1.807) is 13.2 Å². The van der Waals surface area contributed by atoms with Crippen LogP contribution in [-0.2, 0) is 13.2 Å². The predicted molar refractivity (Wildman–Crippen MR) is 126 cm³/mol. The number of aromatic nitrogens is 1. The molecule has 0 bridgehead atoms. The fourth-order valence-electron chi connectivity index (χ4n) is 2.36. The maximum absolute atomic E-state index is 5.78. The van der Waals surface area contributed by atoms with Crippen LogP contribution < -0.4 is 15.4 Å². The molecule has 148 valence electrons. The standard InChI is InChI=1S/C20H28N4OS.HI/c1-21-20(23-11-6-7-13-26-2)24-15-18-10-12-22-19(14-18)25-16-17-8-4-3-5-9-17;/h3-5,8-10,12,14H,6-7,11,13,15-16H2,1-2H3,(H2,21,23,24);1H.